The third-order valence-electron chi connectivity index (χ3n) is 3.28. The normalized spacial score (nSPS) is 18.8. The Morgan fingerprint density at radius 2 is 2.35 bits per heavy atom. The monoisotopic (exact) mass is 280 g/mol. The predicted octanol–water partition coefficient (Wildman–Crippen LogP) is 0.135. The van der Waals surface area contributed by atoms with Gasteiger partial charge >= 0.3 is 5.97 Å². The zero-order valence-corrected chi connectivity index (χ0v) is 12.0. The molecule has 1 fully saturated rings. The molecule has 1 unspecified atom stereocenters. The Balaban J connectivity index is 2.30. The van der Waals surface area contributed by atoms with Crippen LogP contribution in [0.5, 0.6) is 5.88 Å². The van der Waals surface area contributed by atoms with E-state index >= 15 is 0 Å². The maximum Gasteiger partial charge on any atom is 0.330 e. The second-order valence-electron chi connectivity index (χ2n) is 4.50. The summed E-state index contributed by atoms with van der Waals surface area (Å²) in [5.41, 5.74) is 0.825. The van der Waals surface area contributed by atoms with Crippen LogP contribution in [0.2, 0.25) is 0 Å². The van der Waals surface area contributed by atoms with Gasteiger partial charge in [0.15, 0.2) is 0 Å². The average molecular weight is 280 g/mol. The van der Waals surface area contributed by atoms with Gasteiger partial charge in [0, 0.05) is 19.6 Å². The summed E-state index contributed by atoms with van der Waals surface area (Å²) in [6, 6.07) is -0.373. The zero-order valence-electron chi connectivity index (χ0n) is 12.0. The highest BCUT2D eigenvalue weighted by atomic mass is 16.5. The van der Waals surface area contributed by atoms with Gasteiger partial charge in [-0.2, -0.15) is 0 Å². The minimum absolute atomic E-state index is 0.239. The van der Waals surface area contributed by atoms with E-state index in [1.807, 2.05) is 11.8 Å². The molecule has 0 radical (unpaired) electrons. The van der Waals surface area contributed by atoms with E-state index in [1.54, 1.807) is 14.0 Å². The van der Waals surface area contributed by atoms with Crippen LogP contribution in [0.15, 0.2) is 6.33 Å². The Kier molecular flexibility index (Phi) is 4.73. The number of esters is 1. The number of hydrogen-bond acceptors (Lipinski definition) is 7. The number of carbonyl (C=O) groups excluding carboxylic acids is 1. The van der Waals surface area contributed by atoms with E-state index < -0.39 is 0 Å². The molecule has 0 saturated carbocycles. The van der Waals surface area contributed by atoms with E-state index in [0.717, 1.165) is 17.9 Å². The molecule has 110 valence electrons. The van der Waals surface area contributed by atoms with E-state index in [0.29, 0.717) is 25.6 Å². The molecule has 2 rings (SSSR count). The van der Waals surface area contributed by atoms with Gasteiger partial charge in [0.2, 0.25) is 5.88 Å². The van der Waals surface area contributed by atoms with E-state index in [2.05, 4.69) is 15.3 Å². The second-order valence-corrected chi connectivity index (χ2v) is 4.50. The van der Waals surface area contributed by atoms with Gasteiger partial charge in [-0.25, -0.2) is 14.8 Å². The Morgan fingerprint density at radius 3 is 3.05 bits per heavy atom. The summed E-state index contributed by atoms with van der Waals surface area (Å²) in [4.78, 5) is 22.4. The lowest BCUT2D eigenvalue weighted by Gasteiger charge is -2.36. The minimum atomic E-state index is -0.373. The fraction of sp³-hybridized carbons (Fsp3) is 0.615. The standard InChI is InChI=1S/C13H20N4O3/c1-4-20-13(18)10-7-14-5-6-17(10)11-9(2)12(19-3)16-8-15-11/h8,10,14H,4-7H2,1-3H3. The molecule has 1 N–H and O–H groups in total. The largest absolute Gasteiger partial charge is 0.481 e. The third-order valence-corrected chi connectivity index (χ3v) is 3.28. The number of nitrogens with one attached hydrogen (secondary N) is 1. The van der Waals surface area contributed by atoms with Crippen molar-refractivity contribution >= 4 is 11.8 Å². The predicted molar refractivity (Wildman–Crippen MR) is 74.0 cm³/mol. The molecule has 1 atom stereocenters. The van der Waals surface area contributed by atoms with Gasteiger partial charge in [-0.15, -0.1) is 0 Å². The van der Waals surface area contributed by atoms with Gasteiger partial charge in [0.05, 0.1) is 19.3 Å². The number of carbonyl (C=O) groups is 1. The SMILES string of the molecule is CCOC(=O)C1CNCCN1c1ncnc(OC)c1C. The van der Waals surface area contributed by atoms with Gasteiger partial charge in [-0.05, 0) is 13.8 Å². The summed E-state index contributed by atoms with van der Waals surface area (Å²) >= 11 is 0. The Morgan fingerprint density at radius 1 is 1.55 bits per heavy atom. The number of rotatable bonds is 4. The molecule has 0 aliphatic carbocycles. The van der Waals surface area contributed by atoms with Crippen molar-refractivity contribution in [1.29, 1.82) is 0 Å². The van der Waals surface area contributed by atoms with Crippen LogP contribution < -0.4 is 15.0 Å². The first-order chi connectivity index (χ1) is 9.69. The van der Waals surface area contributed by atoms with Crippen molar-refractivity contribution in [2.45, 2.75) is 19.9 Å². The van der Waals surface area contributed by atoms with Crippen molar-refractivity contribution in [2.75, 3.05) is 38.3 Å². The Hall–Kier alpha value is -1.89. The summed E-state index contributed by atoms with van der Waals surface area (Å²) in [6.45, 7) is 6.09. The highest BCUT2D eigenvalue weighted by molar-refractivity contribution is 5.80. The Bertz CT molecular complexity index is 481. The van der Waals surface area contributed by atoms with Crippen LogP contribution in [0, 0.1) is 6.92 Å². The topological polar surface area (TPSA) is 76.6 Å². The number of hydrogen-bond donors (Lipinski definition) is 1. The van der Waals surface area contributed by atoms with Gasteiger partial charge in [0.25, 0.3) is 0 Å². The fourth-order valence-corrected chi connectivity index (χ4v) is 2.33. The number of aromatic nitrogens is 2. The van der Waals surface area contributed by atoms with Crippen molar-refractivity contribution < 1.29 is 14.3 Å². The second kappa shape index (κ2) is 6.51. The van der Waals surface area contributed by atoms with Crippen LogP contribution in [0.4, 0.5) is 5.82 Å². The van der Waals surface area contributed by atoms with Crippen LogP contribution in [0.3, 0.4) is 0 Å². The molecule has 2 heterocycles. The van der Waals surface area contributed by atoms with Gasteiger partial charge in [0.1, 0.15) is 18.2 Å². The van der Waals surface area contributed by atoms with Crippen LogP contribution in [0.25, 0.3) is 0 Å². The van der Waals surface area contributed by atoms with Crippen molar-refractivity contribution in [2.24, 2.45) is 0 Å². The Labute approximate surface area is 118 Å². The summed E-state index contributed by atoms with van der Waals surface area (Å²) < 4.78 is 10.3. The first-order valence-corrected chi connectivity index (χ1v) is 6.68. The van der Waals surface area contributed by atoms with Gasteiger partial charge < -0.3 is 19.7 Å². The van der Waals surface area contributed by atoms with Crippen molar-refractivity contribution in [3.8, 4) is 5.88 Å². The van der Waals surface area contributed by atoms with Crippen LogP contribution in [-0.4, -0.2) is 55.3 Å². The third kappa shape index (κ3) is 2.82. The van der Waals surface area contributed by atoms with Crippen molar-refractivity contribution in [3.63, 3.8) is 0 Å². The quantitative estimate of drug-likeness (QED) is 0.786. The van der Waals surface area contributed by atoms with Crippen LogP contribution >= 0.6 is 0 Å². The summed E-state index contributed by atoms with van der Waals surface area (Å²) in [6.07, 6.45) is 1.45. The minimum Gasteiger partial charge on any atom is -0.481 e. The zero-order chi connectivity index (χ0) is 14.5. The van der Waals surface area contributed by atoms with Crippen LogP contribution in [-0.2, 0) is 9.53 Å². The van der Waals surface area contributed by atoms with E-state index in [-0.39, 0.29) is 12.0 Å². The highest BCUT2D eigenvalue weighted by Gasteiger charge is 2.32. The molecular formula is C13H20N4O3. The number of piperazine rings is 1. The molecule has 0 bridgehead atoms. The molecule has 7 nitrogen and oxygen atoms in total. The van der Waals surface area contributed by atoms with Gasteiger partial charge in [-0.3, -0.25) is 0 Å². The first kappa shape index (κ1) is 14.5. The lowest BCUT2D eigenvalue weighted by atomic mass is 10.1. The summed E-state index contributed by atoms with van der Waals surface area (Å²) in [7, 11) is 1.57. The molecule has 0 amide bonds. The molecule has 0 aromatic carbocycles. The molecule has 1 aromatic rings. The molecular weight excluding hydrogens is 260 g/mol. The first-order valence-electron chi connectivity index (χ1n) is 6.68. The lowest BCUT2D eigenvalue weighted by molar-refractivity contribution is -0.144. The molecule has 1 saturated heterocycles. The molecule has 1 aliphatic rings. The molecule has 20 heavy (non-hydrogen) atoms. The molecule has 1 aliphatic heterocycles. The molecule has 1 aromatic heterocycles. The summed E-state index contributed by atoms with van der Waals surface area (Å²) in [5.74, 6) is 1.00. The molecule has 7 heteroatoms. The van der Waals surface area contributed by atoms with Crippen molar-refractivity contribution in [1.82, 2.24) is 15.3 Å². The number of ether oxygens (including phenoxy) is 2. The number of methoxy groups -OCH3 is 1. The molecule has 0 spiro atoms. The van der Waals surface area contributed by atoms with Crippen LogP contribution in [0.1, 0.15) is 12.5 Å². The van der Waals surface area contributed by atoms with E-state index in [9.17, 15) is 4.79 Å². The maximum atomic E-state index is 12.1. The summed E-state index contributed by atoms with van der Waals surface area (Å²) in [5, 5.41) is 3.20. The van der Waals surface area contributed by atoms with E-state index in [4.69, 9.17) is 9.47 Å². The smallest absolute Gasteiger partial charge is 0.330 e. The van der Waals surface area contributed by atoms with Crippen molar-refractivity contribution in [3.05, 3.63) is 11.9 Å². The number of nitrogens with zero attached hydrogens (tertiary/aromatic N) is 3. The van der Waals surface area contributed by atoms with Gasteiger partial charge in [-0.1, -0.05) is 0 Å². The number of anilines is 1. The fourth-order valence-electron chi connectivity index (χ4n) is 2.33. The van der Waals surface area contributed by atoms with E-state index in [1.165, 1.54) is 6.33 Å². The highest BCUT2D eigenvalue weighted by Crippen LogP contribution is 2.26. The lowest BCUT2D eigenvalue weighted by Crippen LogP contribution is -2.56. The maximum absolute atomic E-state index is 12.1. The average Bonchev–Trinajstić information content (AvgIpc) is 2.48.